The summed E-state index contributed by atoms with van der Waals surface area (Å²) in [4.78, 5) is 16.9. The summed E-state index contributed by atoms with van der Waals surface area (Å²) in [6.07, 6.45) is 2.26. The molecule has 0 radical (unpaired) electrons. The van der Waals surface area contributed by atoms with Gasteiger partial charge in [-0.3, -0.25) is 4.79 Å². The first-order valence-corrected chi connectivity index (χ1v) is 8.30. The summed E-state index contributed by atoms with van der Waals surface area (Å²) in [6, 6.07) is 5.48. The summed E-state index contributed by atoms with van der Waals surface area (Å²) in [5.41, 5.74) is 1.77. The van der Waals surface area contributed by atoms with Gasteiger partial charge in [0.25, 0.3) is 5.91 Å². The summed E-state index contributed by atoms with van der Waals surface area (Å²) >= 11 is 0. The molecule has 1 aromatic carbocycles. The number of fused-ring (bicyclic) bond motifs is 1. The van der Waals surface area contributed by atoms with Gasteiger partial charge in [-0.25, -0.2) is 4.98 Å². The van der Waals surface area contributed by atoms with E-state index in [0.29, 0.717) is 36.7 Å². The van der Waals surface area contributed by atoms with Crippen LogP contribution in [0.4, 0.5) is 0 Å². The molecule has 6 heteroatoms. The van der Waals surface area contributed by atoms with E-state index in [1.54, 1.807) is 19.2 Å². The number of methoxy groups -OCH3 is 1. The molecule has 1 aromatic heterocycles. The van der Waals surface area contributed by atoms with E-state index in [-0.39, 0.29) is 17.6 Å². The van der Waals surface area contributed by atoms with Crippen LogP contribution in [0.1, 0.15) is 42.9 Å². The van der Waals surface area contributed by atoms with Gasteiger partial charge in [0.05, 0.1) is 12.2 Å². The first kappa shape index (κ1) is 16.9. The second kappa shape index (κ2) is 6.91. The average molecular weight is 332 g/mol. The van der Waals surface area contributed by atoms with Gasteiger partial charge >= 0.3 is 0 Å². The molecule has 1 aliphatic heterocycles. The number of hydrogen-bond donors (Lipinski definition) is 1. The lowest BCUT2D eigenvalue weighted by molar-refractivity contribution is -0.0615. The second-order valence-corrected chi connectivity index (χ2v) is 6.80. The Morgan fingerprint density at radius 2 is 2.29 bits per heavy atom. The fourth-order valence-corrected chi connectivity index (χ4v) is 3.03. The molecule has 2 heterocycles. The summed E-state index contributed by atoms with van der Waals surface area (Å²) in [5, 5.41) is 3.10. The van der Waals surface area contributed by atoms with Crippen molar-refractivity contribution < 1.29 is 18.7 Å². The predicted octanol–water partition coefficient (Wildman–Crippen LogP) is 2.70. The standard InChI is InChI=1S/C18H24N2O4/c1-18(2)11-13(6-9-23-18)19-17(21)12-4-5-14-15(10-12)24-16(20-14)7-8-22-3/h4-5,10,13H,6-9,11H2,1-3H3,(H,19,21). The Balaban J connectivity index is 1.70. The van der Waals surface area contributed by atoms with E-state index in [2.05, 4.69) is 10.3 Å². The lowest BCUT2D eigenvalue weighted by atomic mass is 9.94. The van der Waals surface area contributed by atoms with E-state index in [1.165, 1.54) is 0 Å². The minimum absolute atomic E-state index is 0.0885. The van der Waals surface area contributed by atoms with E-state index in [1.807, 2.05) is 19.9 Å². The molecule has 0 spiro atoms. The molecule has 2 aromatic rings. The first-order chi connectivity index (χ1) is 11.5. The number of hydrogen-bond acceptors (Lipinski definition) is 5. The molecule has 0 aliphatic carbocycles. The van der Waals surface area contributed by atoms with Crippen molar-refractivity contribution in [1.82, 2.24) is 10.3 Å². The summed E-state index contributed by atoms with van der Waals surface area (Å²) in [6.45, 7) is 5.32. The maximum absolute atomic E-state index is 12.5. The number of nitrogens with one attached hydrogen (secondary N) is 1. The quantitative estimate of drug-likeness (QED) is 0.911. The molecule has 1 atom stereocenters. The highest BCUT2D eigenvalue weighted by atomic mass is 16.5. The van der Waals surface area contributed by atoms with Crippen LogP contribution in [0.2, 0.25) is 0 Å². The molecule has 24 heavy (non-hydrogen) atoms. The fourth-order valence-electron chi connectivity index (χ4n) is 3.03. The van der Waals surface area contributed by atoms with E-state index < -0.39 is 0 Å². The van der Waals surface area contributed by atoms with Crippen molar-refractivity contribution in [1.29, 1.82) is 0 Å². The average Bonchev–Trinajstić information content (AvgIpc) is 2.93. The zero-order valence-corrected chi connectivity index (χ0v) is 14.4. The normalized spacial score (nSPS) is 20.2. The third-order valence-electron chi connectivity index (χ3n) is 4.25. The van der Waals surface area contributed by atoms with Crippen LogP contribution in [0.15, 0.2) is 22.6 Å². The maximum Gasteiger partial charge on any atom is 0.251 e. The minimum atomic E-state index is -0.193. The van der Waals surface area contributed by atoms with Crippen molar-refractivity contribution >= 4 is 17.0 Å². The monoisotopic (exact) mass is 332 g/mol. The summed E-state index contributed by atoms with van der Waals surface area (Å²) in [5.74, 6) is 0.532. The van der Waals surface area contributed by atoms with Crippen LogP contribution in [-0.2, 0) is 15.9 Å². The van der Waals surface area contributed by atoms with Gasteiger partial charge in [0.1, 0.15) is 5.52 Å². The number of aromatic nitrogens is 1. The highest BCUT2D eigenvalue weighted by molar-refractivity contribution is 5.97. The van der Waals surface area contributed by atoms with Crippen LogP contribution in [0, 0.1) is 0 Å². The van der Waals surface area contributed by atoms with Crippen LogP contribution >= 0.6 is 0 Å². The number of benzene rings is 1. The van der Waals surface area contributed by atoms with Gasteiger partial charge in [-0.2, -0.15) is 0 Å². The Bertz CT molecular complexity index is 723. The van der Waals surface area contributed by atoms with Crippen molar-refractivity contribution in [2.75, 3.05) is 20.3 Å². The molecule has 1 unspecified atom stereocenters. The molecule has 1 aliphatic rings. The lowest BCUT2D eigenvalue weighted by Gasteiger charge is -2.35. The third kappa shape index (κ3) is 3.94. The largest absolute Gasteiger partial charge is 0.441 e. The van der Waals surface area contributed by atoms with Crippen LogP contribution in [-0.4, -0.2) is 42.9 Å². The number of amides is 1. The van der Waals surface area contributed by atoms with E-state index >= 15 is 0 Å². The summed E-state index contributed by atoms with van der Waals surface area (Å²) in [7, 11) is 1.64. The number of carbonyl (C=O) groups is 1. The van der Waals surface area contributed by atoms with Crippen molar-refractivity contribution in [3.05, 3.63) is 29.7 Å². The number of carbonyl (C=O) groups excluding carboxylic acids is 1. The Labute approximate surface area is 141 Å². The number of ether oxygens (including phenoxy) is 2. The van der Waals surface area contributed by atoms with Crippen LogP contribution in [0.5, 0.6) is 0 Å². The zero-order valence-electron chi connectivity index (χ0n) is 14.4. The van der Waals surface area contributed by atoms with E-state index in [4.69, 9.17) is 13.9 Å². The number of rotatable bonds is 5. The molecule has 6 nitrogen and oxygen atoms in total. The van der Waals surface area contributed by atoms with Crippen molar-refractivity contribution in [2.45, 2.75) is 44.8 Å². The SMILES string of the molecule is COCCc1nc2ccc(C(=O)NC3CCOC(C)(C)C3)cc2o1. The van der Waals surface area contributed by atoms with Gasteiger partial charge < -0.3 is 19.2 Å². The van der Waals surface area contributed by atoms with E-state index in [0.717, 1.165) is 18.4 Å². The predicted molar refractivity (Wildman–Crippen MR) is 90.1 cm³/mol. The molecular weight excluding hydrogens is 308 g/mol. The highest BCUT2D eigenvalue weighted by Gasteiger charge is 2.29. The smallest absolute Gasteiger partial charge is 0.251 e. The molecule has 1 N–H and O–H groups in total. The van der Waals surface area contributed by atoms with Gasteiger partial charge in [0.15, 0.2) is 11.5 Å². The molecule has 130 valence electrons. The van der Waals surface area contributed by atoms with Gasteiger partial charge in [0.2, 0.25) is 0 Å². The van der Waals surface area contributed by atoms with Gasteiger partial charge in [-0.05, 0) is 44.9 Å². The Hall–Kier alpha value is -1.92. The number of nitrogens with zero attached hydrogens (tertiary/aromatic N) is 1. The van der Waals surface area contributed by atoms with Crippen molar-refractivity contribution in [2.24, 2.45) is 0 Å². The number of oxazole rings is 1. The molecule has 1 fully saturated rings. The van der Waals surface area contributed by atoms with Gasteiger partial charge in [-0.15, -0.1) is 0 Å². The topological polar surface area (TPSA) is 73.6 Å². The highest BCUT2D eigenvalue weighted by Crippen LogP contribution is 2.24. The van der Waals surface area contributed by atoms with E-state index in [9.17, 15) is 4.79 Å². The zero-order chi connectivity index (χ0) is 17.2. The van der Waals surface area contributed by atoms with Gasteiger partial charge in [-0.1, -0.05) is 0 Å². The lowest BCUT2D eigenvalue weighted by Crippen LogP contribution is -2.45. The van der Waals surface area contributed by atoms with Crippen molar-refractivity contribution in [3.63, 3.8) is 0 Å². The molecule has 0 bridgehead atoms. The second-order valence-electron chi connectivity index (χ2n) is 6.80. The molecule has 1 amide bonds. The molecular formula is C18H24N2O4. The van der Waals surface area contributed by atoms with Crippen LogP contribution in [0.25, 0.3) is 11.1 Å². The Morgan fingerprint density at radius 1 is 1.46 bits per heavy atom. The molecule has 3 rings (SSSR count). The first-order valence-electron chi connectivity index (χ1n) is 8.30. The van der Waals surface area contributed by atoms with Gasteiger partial charge in [0, 0.05) is 31.7 Å². The fraction of sp³-hybridized carbons (Fsp3) is 0.556. The third-order valence-corrected chi connectivity index (χ3v) is 4.25. The maximum atomic E-state index is 12.5. The molecule has 1 saturated heterocycles. The summed E-state index contributed by atoms with van der Waals surface area (Å²) < 4.78 is 16.4. The van der Waals surface area contributed by atoms with Crippen molar-refractivity contribution in [3.8, 4) is 0 Å². The Kier molecular flexibility index (Phi) is 4.87. The van der Waals surface area contributed by atoms with Crippen LogP contribution in [0.3, 0.4) is 0 Å². The Morgan fingerprint density at radius 3 is 3.04 bits per heavy atom. The molecule has 0 saturated carbocycles. The van der Waals surface area contributed by atoms with Crippen LogP contribution < -0.4 is 5.32 Å². The minimum Gasteiger partial charge on any atom is -0.441 e.